The molecular weight excluding hydrogens is 349 g/mol. The molecule has 1 aromatic carbocycles. The van der Waals surface area contributed by atoms with Crippen LogP contribution in [0.5, 0.6) is 5.75 Å². The molecule has 0 aliphatic carbocycles. The highest BCUT2D eigenvalue weighted by atomic mass is 35.5. The van der Waals surface area contributed by atoms with E-state index in [4.69, 9.17) is 4.74 Å². The van der Waals surface area contributed by atoms with E-state index in [9.17, 15) is 23.1 Å². The molecule has 0 aromatic heterocycles. The van der Waals surface area contributed by atoms with Gasteiger partial charge in [0.2, 0.25) is 5.91 Å². The zero-order valence-corrected chi connectivity index (χ0v) is 14.2. The second-order valence-electron chi connectivity index (χ2n) is 5.19. The summed E-state index contributed by atoms with van der Waals surface area (Å²) in [5.74, 6) is -0.220. The predicted octanol–water partition coefficient (Wildman–Crippen LogP) is 1.84. The Hall–Kier alpha value is -1.51. The number of amides is 1. The number of halogens is 4. The van der Waals surface area contributed by atoms with Crippen LogP contribution < -0.4 is 15.4 Å². The van der Waals surface area contributed by atoms with Crippen molar-refractivity contribution in [2.24, 2.45) is 5.92 Å². The Morgan fingerprint density at radius 3 is 2.33 bits per heavy atom. The molecule has 24 heavy (non-hydrogen) atoms. The highest BCUT2D eigenvalue weighted by Crippen LogP contribution is 2.30. The number of alkyl halides is 3. The largest absolute Gasteiger partial charge is 0.491 e. The van der Waals surface area contributed by atoms with Gasteiger partial charge < -0.3 is 20.5 Å². The van der Waals surface area contributed by atoms with Crippen LogP contribution in [0, 0.1) is 5.92 Å². The Labute approximate surface area is 145 Å². The van der Waals surface area contributed by atoms with Crippen LogP contribution in [0.25, 0.3) is 0 Å². The maximum atomic E-state index is 12.4. The smallest absolute Gasteiger partial charge is 0.416 e. The summed E-state index contributed by atoms with van der Waals surface area (Å²) < 4.78 is 42.4. The van der Waals surface area contributed by atoms with Crippen molar-refractivity contribution in [3.05, 3.63) is 29.8 Å². The molecule has 0 heterocycles. The summed E-state index contributed by atoms with van der Waals surface area (Å²) in [6.45, 7) is 2.14. The third-order valence-corrected chi connectivity index (χ3v) is 3.09. The van der Waals surface area contributed by atoms with E-state index in [-0.39, 0.29) is 43.1 Å². The number of nitrogens with one attached hydrogen (secondary N) is 2. The van der Waals surface area contributed by atoms with Crippen LogP contribution in [0.3, 0.4) is 0 Å². The van der Waals surface area contributed by atoms with Crippen LogP contribution >= 0.6 is 12.4 Å². The van der Waals surface area contributed by atoms with E-state index in [1.807, 2.05) is 0 Å². The number of carbonyl (C=O) groups excluding carboxylic acids is 1. The van der Waals surface area contributed by atoms with Gasteiger partial charge in [-0.3, -0.25) is 4.79 Å². The first-order valence-corrected chi connectivity index (χ1v) is 7.14. The topological polar surface area (TPSA) is 70.6 Å². The van der Waals surface area contributed by atoms with Gasteiger partial charge >= 0.3 is 6.18 Å². The monoisotopic (exact) mass is 370 g/mol. The molecular formula is C15H22ClF3N2O3. The van der Waals surface area contributed by atoms with Crippen molar-refractivity contribution in [2.75, 3.05) is 26.7 Å². The number of rotatable bonds is 8. The molecule has 0 fully saturated rings. The van der Waals surface area contributed by atoms with Crippen molar-refractivity contribution < 1.29 is 27.8 Å². The van der Waals surface area contributed by atoms with E-state index >= 15 is 0 Å². The summed E-state index contributed by atoms with van der Waals surface area (Å²) in [7, 11) is 1.73. The molecule has 1 rings (SSSR count). The molecule has 2 unspecified atom stereocenters. The molecule has 2 atom stereocenters. The molecule has 0 saturated carbocycles. The zero-order chi connectivity index (χ0) is 17.5. The van der Waals surface area contributed by atoms with Gasteiger partial charge in [0.15, 0.2) is 0 Å². The Morgan fingerprint density at radius 1 is 1.25 bits per heavy atom. The Balaban J connectivity index is 0.00000529. The van der Waals surface area contributed by atoms with Gasteiger partial charge in [-0.2, -0.15) is 13.2 Å². The molecule has 0 aliphatic heterocycles. The highest BCUT2D eigenvalue weighted by Gasteiger charge is 2.30. The van der Waals surface area contributed by atoms with E-state index in [1.54, 1.807) is 14.0 Å². The first-order valence-electron chi connectivity index (χ1n) is 7.14. The van der Waals surface area contributed by atoms with Crippen LogP contribution in [0.2, 0.25) is 0 Å². The van der Waals surface area contributed by atoms with Crippen molar-refractivity contribution in [3.63, 3.8) is 0 Å². The van der Waals surface area contributed by atoms with Gasteiger partial charge in [0.05, 0.1) is 5.56 Å². The van der Waals surface area contributed by atoms with Gasteiger partial charge in [0.1, 0.15) is 18.5 Å². The van der Waals surface area contributed by atoms with Crippen molar-refractivity contribution >= 4 is 18.3 Å². The third-order valence-electron chi connectivity index (χ3n) is 3.09. The maximum absolute atomic E-state index is 12.4. The summed E-state index contributed by atoms with van der Waals surface area (Å²) in [5.41, 5.74) is -0.767. The van der Waals surface area contributed by atoms with Crippen LogP contribution in [-0.2, 0) is 11.0 Å². The van der Waals surface area contributed by atoms with E-state index in [0.717, 1.165) is 12.1 Å². The van der Waals surface area contributed by atoms with Gasteiger partial charge in [-0.15, -0.1) is 12.4 Å². The summed E-state index contributed by atoms with van der Waals surface area (Å²) in [4.78, 5) is 11.6. The van der Waals surface area contributed by atoms with Gasteiger partial charge in [0.25, 0.3) is 0 Å². The van der Waals surface area contributed by atoms with Gasteiger partial charge in [0, 0.05) is 19.0 Å². The van der Waals surface area contributed by atoms with Crippen LogP contribution in [-0.4, -0.2) is 43.9 Å². The lowest BCUT2D eigenvalue weighted by atomic mass is 10.1. The molecule has 138 valence electrons. The lowest BCUT2D eigenvalue weighted by Crippen LogP contribution is -2.40. The minimum atomic E-state index is -4.40. The maximum Gasteiger partial charge on any atom is 0.416 e. The third kappa shape index (κ3) is 7.85. The summed E-state index contributed by atoms with van der Waals surface area (Å²) in [6, 6.07) is 4.18. The Kier molecular flexibility index (Phi) is 9.72. The number of carbonyl (C=O) groups is 1. The lowest BCUT2D eigenvalue weighted by molar-refractivity contribution is -0.137. The SMILES string of the molecule is CNCC(C)C(=O)NCC(O)COc1ccc(C(F)(F)F)cc1.Cl. The van der Waals surface area contributed by atoms with E-state index in [0.29, 0.717) is 6.54 Å². The Morgan fingerprint density at radius 2 is 1.83 bits per heavy atom. The fraction of sp³-hybridized carbons (Fsp3) is 0.533. The van der Waals surface area contributed by atoms with Gasteiger partial charge in [-0.05, 0) is 31.3 Å². The number of aliphatic hydroxyl groups is 1. The van der Waals surface area contributed by atoms with Crippen molar-refractivity contribution in [1.29, 1.82) is 0 Å². The molecule has 0 bridgehead atoms. The average molecular weight is 371 g/mol. The molecule has 0 radical (unpaired) electrons. The summed E-state index contributed by atoms with van der Waals surface area (Å²) in [6.07, 6.45) is -5.35. The second kappa shape index (κ2) is 10.4. The molecule has 3 N–H and O–H groups in total. The fourth-order valence-corrected chi connectivity index (χ4v) is 1.78. The summed E-state index contributed by atoms with van der Waals surface area (Å²) in [5, 5.41) is 15.2. The molecule has 5 nitrogen and oxygen atoms in total. The van der Waals surface area contributed by atoms with Crippen LogP contribution in [0.1, 0.15) is 12.5 Å². The van der Waals surface area contributed by atoms with Gasteiger partial charge in [-0.25, -0.2) is 0 Å². The normalized spacial score (nSPS) is 13.6. The first kappa shape index (κ1) is 22.5. The van der Waals surface area contributed by atoms with E-state index in [1.165, 1.54) is 12.1 Å². The molecule has 1 aromatic rings. The first-order chi connectivity index (χ1) is 10.7. The average Bonchev–Trinajstić information content (AvgIpc) is 2.50. The summed E-state index contributed by atoms with van der Waals surface area (Å²) >= 11 is 0. The molecule has 9 heteroatoms. The number of aliphatic hydroxyl groups excluding tert-OH is 1. The van der Waals surface area contributed by atoms with Crippen LogP contribution in [0.15, 0.2) is 24.3 Å². The number of ether oxygens (including phenoxy) is 1. The lowest BCUT2D eigenvalue weighted by Gasteiger charge is -2.16. The minimum absolute atomic E-state index is 0. The van der Waals surface area contributed by atoms with Gasteiger partial charge in [-0.1, -0.05) is 6.92 Å². The number of benzene rings is 1. The molecule has 0 aliphatic rings. The van der Waals surface area contributed by atoms with Crippen LogP contribution in [0.4, 0.5) is 13.2 Å². The highest BCUT2D eigenvalue weighted by molar-refractivity contribution is 5.85. The van der Waals surface area contributed by atoms with E-state index in [2.05, 4.69) is 10.6 Å². The molecule has 0 saturated heterocycles. The van der Waals surface area contributed by atoms with Crippen molar-refractivity contribution in [3.8, 4) is 5.75 Å². The molecule has 0 spiro atoms. The predicted molar refractivity (Wildman–Crippen MR) is 86.3 cm³/mol. The standard InChI is InChI=1S/C15H21F3N2O3.ClH/c1-10(7-19-2)14(22)20-8-12(21)9-23-13-5-3-11(4-6-13)15(16,17)18;/h3-6,10,12,19,21H,7-9H2,1-2H3,(H,20,22);1H. The zero-order valence-electron chi connectivity index (χ0n) is 13.4. The fourth-order valence-electron chi connectivity index (χ4n) is 1.78. The number of hydrogen-bond acceptors (Lipinski definition) is 4. The second-order valence-corrected chi connectivity index (χ2v) is 5.19. The van der Waals surface area contributed by atoms with Crippen molar-refractivity contribution in [2.45, 2.75) is 19.2 Å². The number of hydrogen-bond donors (Lipinski definition) is 3. The van der Waals surface area contributed by atoms with Crippen molar-refractivity contribution in [1.82, 2.24) is 10.6 Å². The Bertz CT molecular complexity index is 498. The minimum Gasteiger partial charge on any atom is -0.491 e. The molecule has 1 amide bonds. The quantitative estimate of drug-likeness (QED) is 0.653. The van der Waals surface area contributed by atoms with E-state index < -0.39 is 17.8 Å².